The topological polar surface area (TPSA) is 26.0 Å². The zero-order valence-electron chi connectivity index (χ0n) is 6.41. The van der Waals surface area contributed by atoms with Crippen LogP contribution in [0.3, 0.4) is 0 Å². The van der Waals surface area contributed by atoms with E-state index in [4.69, 9.17) is 0 Å². The second-order valence-electron chi connectivity index (χ2n) is 2.33. The minimum Gasteiger partial charge on any atom is -0.441 e. The van der Waals surface area contributed by atoms with Crippen molar-refractivity contribution in [2.45, 2.75) is 17.4 Å². The smallest absolute Gasteiger partial charge is 0.441 e. The molecule has 0 aliphatic heterocycles. The molecule has 0 radical (unpaired) electrons. The lowest BCUT2D eigenvalue weighted by Crippen LogP contribution is -2.34. The molecular formula is C6H3BrF5NO. The molecule has 0 saturated heterocycles. The molecule has 0 unspecified atom stereocenters. The van der Waals surface area contributed by atoms with Crippen LogP contribution in [0.15, 0.2) is 10.8 Å². The lowest BCUT2D eigenvalue weighted by atomic mass is 10.2. The number of nitrogens with zero attached hydrogens (tertiary/aromatic N) is 1. The van der Waals surface area contributed by atoms with Crippen LogP contribution in [0, 0.1) is 0 Å². The molecule has 1 rings (SSSR count). The van der Waals surface area contributed by atoms with Gasteiger partial charge in [-0.15, -0.1) is 0 Å². The van der Waals surface area contributed by atoms with Gasteiger partial charge in [0.25, 0.3) is 0 Å². The molecule has 0 aliphatic rings. The summed E-state index contributed by atoms with van der Waals surface area (Å²) in [5.74, 6) is -6.48. The van der Waals surface area contributed by atoms with Gasteiger partial charge < -0.3 is 4.42 Å². The minimum atomic E-state index is -5.68. The highest BCUT2D eigenvalue weighted by Crippen LogP contribution is 2.45. The minimum absolute atomic E-state index is 0.232. The Morgan fingerprint density at radius 1 is 1.29 bits per heavy atom. The zero-order chi connectivity index (χ0) is 11.0. The van der Waals surface area contributed by atoms with Crippen molar-refractivity contribution >= 4 is 15.9 Å². The van der Waals surface area contributed by atoms with Gasteiger partial charge >= 0.3 is 12.1 Å². The molecule has 0 atom stereocenters. The molecule has 2 nitrogen and oxygen atoms in total. The molecule has 0 amide bonds. The summed E-state index contributed by atoms with van der Waals surface area (Å²) in [4.78, 5) is 3.22. The molecule has 0 bridgehead atoms. The van der Waals surface area contributed by atoms with Gasteiger partial charge in [0, 0.05) is 5.33 Å². The maximum Gasteiger partial charge on any atom is 0.461 e. The van der Waals surface area contributed by atoms with Crippen molar-refractivity contribution in [2.24, 2.45) is 0 Å². The Labute approximate surface area is 83.2 Å². The highest BCUT2D eigenvalue weighted by molar-refractivity contribution is 9.08. The molecule has 1 aromatic heterocycles. The molecule has 0 spiro atoms. The Hall–Kier alpha value is -0.660. The number of halogens is 6. The van der Waals surface area contributed by atoms with Gasteiger partial charge in [-0.3, -0.25) is 0 Å². The van der Waals surface area contributed by atoms with Crippen molar-refractivity contribution in [3.05, 3.63) is 17.8 Å². The molecule has 1 aromatic rings. The molecule has 14 heavy (non-hydrogen) atoms. The van der Waals surface area contributed by atoms with E-state index in [1.165, 1.54) is 0 Å². The molecule has 80 valence electrons. The van der Waals surface area contributed by atoms with Crippen molar-refractivity contribution in [1.29, 1.82) is 0 Å². The zero-order valence-corrected chi connectivity index (χ0v) is 7.99. The quantitative estimate of drug-likeness (QED) is 0.614. The fourth-order valence-electron chi connectivity index (χ4n) is 0.748. The van der Waals surface area contributed by atoms with Gasteiger partial charge in [0.05, 0.1) is 5.69 Å². The average molecular weight is 280 g/mol. The van der Waals surface area contributed by atoms with E-state index in [9.17, 15) is 22.0 Å². The van der Waals surface area contributed by atoms with E-state index >= 15 is 0 Å². The number of aromatic nitrogens is 1. The van der Waals surface area contributed by atoms with Crippen molar-refractivity contribution in [1.82, 2.24) is 4.98 Å². The van der Waals surface area contributed by atoms with Gasteiger partial charge in [-0.1, -0.05) is 15.9 Å². The third-order valence-electron chi connectivity index (χ3n) is 1.41. The van der Waals surface area contributed by atoms with Crippen LogP contribution in [0.25, 0.3) is 0 Å². The summed E-state index contributed by atoms with van der Waals surface area (Å²) in [7, 11) is 0. The summed E-state index contributed by atoms with van der Waals surface area (Å²) in [5, 5.41) is -0.232. The van der Waals surface area contributed by atoms with Gasteiger partial charge in [-0.05, 0) is 0 Å². The first kappa shape index (κ1) is 11.4. The van der Waals surface area contributed by atoms with Crippen LogP contribution in [0.2, 0.25) is 0 Å². The first-order valence-corrected chi connectivity index (χ1v) is 4.36. The number of alkyl halides is 6. The molecule has 0 N–H and O–H groups in total. The van der Waals surface area contributed by atoms with E-state index in [1.54, 1.807) is 0 Å². The Morgan fingerprint density at radius 3 is 2.29 bits per heavy atom. The standard InChI is InChI=1S/C6H3BrF5NO/c7-1-3-4(14-2-13-3)5(8,9)6(10,11)12/h2H,1H2. The number of oxazole rings is 1. The maximum absolute atomic E-state index is 12.7. The van der Waals surface area contributed by atoms with Gasteiger partial charge in [0.2, 0.25) is 5.76 Å². The van der Waals surface area contributed by atoms with Gasteiger partial charge in [-0.25, -0.2) is 4.98 Å². The summed E-state index contributed by atoms with van der Waals surface area (Å²) in [6.07, 6.45) is -5.13. The third-order valence-corrected chi connectivity index (χ3v) is 1.94. The average Bonchev–Trinajstić information content (AvgIpc) is 2.49. The van der Waals surface area contributed by atoms with E-state index in [0.29, 0.717) is 6.39 Å². The van der Waals surface area contributed by atoms with Crippen molar-refractivity contribution in [3.8, 4) is 0 Å². The summed E-state index contributed by atoms with van der Waals surface area (Å²) >= 11 is 2.72. The van der Waals surface area contributed by atoms with Crippen molar-refractivity contribution < 1.29 is 26.4 Å². The maximum atomic E-state index is 12.7. The van der Waals surface area contributed by atoms with Crippen LogP contribution in [0.5, 0.6) is 0 Å². The number of hydrogen-bond donors (Lipinski definition) is 0. The predicted molar refractivity (Wildman–Crippen MR) is 39.1 cm³/mol. The number of hydrogen-bond acceptors (Lipinski definition) is 2. The van der Waals surface area contributed by atoms with Gasteiger partial charge in [0.1, 0.15) is 0 Å². The van der Waals surface area contributed by atoms with Crippen molar-refractivity contribution in [3.63, 3.8) is 0 Å². The molecule has 0 aliphatic carbocycles. The van der Waals surface area contributed by atoms with Crippen LogP contribution in [-0.2, 0) is 11.3 Å². The Bertz CT molecular complexity index is 320. The molecule has 0 fully saturated rings. The largest absolute Gasteiger partial charge is 0.461 e. The summed E-state index contributed by atoms with van der Waals surface area (Å²) in [6, 6.07) is 0. The summed E-state index contributed by atoms with van der Waals surface area (Å²) in [5.41, 5.74) is -0.465. The van der Waals surface area contributed by atoms with Crippen LogP contribution in [0.4, 0.5) is 22.0 Å². The van der Waals surface area contributed by atoms with Crippen LogP contribution in [-0.4, -0.2) is 11.2 Å². The molecule has 1 heterocycles. The first-order valence-electron chi connectivity index (χ1n) is 3.24. The Morgan fingerprint density at radius 2 is 1.86 bits per heavy atom. The Kier molecular flexibility index (Phi) is 2.84. The third kappa shape index (κ3) is 1.75. The van der Waals surface area contributed by atoms with E-state index in [2.05, 4.69) is 25.3 Å². The highest BCUT2D eigenvalue weighted by atomic mass is 79.9. The summed E-state index contributed by atoms with van der Waals surface area (Å²) < 4.78 is 64.9. The lowest BCUT2D eigenvalue weighted by molar-refractivity contribution is -0.295. The summed E-state index contributed by atoms with van der Waals surface area (Å²) in [6.45, 7) is 0. The lowest BCUT2D eigenvalue weighted by Gasteiger charge is -2.17. The fourth-order valence-corrected chi connectivity index (χ4v) is 1.15. The SMILES string of the molecule is FC(F)(F)C(F)(F)c1ocnc1CBr. The second kappa shape index (κ2) is 3.48. The predicted octanol–water partition coefficient (Wildman–Crippen LogP) is 3.22. The normalized spacial score (nSPS) is 13.3. The number of rotatable bonds is 2. The van der Waals surface area contributed by atoms with Crippen molar-refractivity contribution in [2.75, 3.05) is 0 Å². The van der Waals surface area contributed by atoms with E-state index in [0.717, 1.165) is 0 Å². The second-order valence-corrected chi connectivity index (χ2v) is 2.89. The molecule has 0 aromatic carbocycles. The molecule has 0 saturated carbocycles. The molecule has 8 heteroatoms. The van der Waals surface area contributed by atoms with E-state index in [-0.39, 0.29) is 5.33 Å². The van der Waals surface area contributed by atoms with Crippen LogP contribution in [0.1, 0.15) is 11.5 Å². The molecular weight excluding hydrogens is 277 g/mol. The highest BCUT2D eigenvalue weighted by Gasteiger charge is 2.62. The monoisotopic (exact) mass is 279 g/mol. The van der Waals surface area contributed by atoms with Crippen LogP contribution >= 0.6 is 15.9 Å². The van der Waals surface area contributed by atoms with Gasteiger partial charge in [0.15, 0.2) is 6.39 Å². The Balaban J connectivity index is 3.16. The van der Waals surface area contributed by atoms with Gasteiger partial charge in [-0.2, -0.15) is 22.0 Å². The fraction of sp³-hybridized carbons (Fsp3) is 0.500. The van der Waals surface area contributed by atoms with Crippen LogP contribution < -0.4 is 0 Å². The van der Waals surface area contributed by atoms with E-state index < -0.39 is 23.6 Å². The van der Waals surface area contributed by atoms with E-state index in [1.807, 2.05) is 0 Å². The first-order chi connectivity index (χ1) is 6.30.